The van der Waals surface area contributed by atoms with Crippen molar-refractivity contribution in [2.24, 2.45) is 0 Å². The summed E-state index contributed by atoms with van der Waals surface area (Å²) in [6.07, 6.45) is -1.90. The number of hydrogen-bond donors (Lipinski definition) is 2. The van der Waals surface area contributed by atoms with E-state index in [2.05, 4.69) is 31.9 Å². The summed E-state index contributed by atoms with van der Waals surface area (Å²) in [4.78, 5) is 11.4. The highest BCUT2D eigenvalue weighted by Gasteiger charge is 2.21. The molecule has 3 nitrogen and oxygen atoms in total. The van der Waals surface area contributed by atoms with Gasteiger partial charge in [-0.3, -0.25) is 4.79 Å². The van der Waals surface area contributed by atoms with Gasteiger partial charge in [0, 0.05) is 22.0 Å². The number of halogens is 2. The highest BCUT2D eigenvalue weighted by Crippen LogP contribution is 2.36. The van der Waals surface area contributed by atoms with Crippen LogP contribution in [-0.2, 0) is 4.79 Å². The molecule has 0 amide bonds. The summed E-state index contributed by atoms with van der Waals surface area (Å²) in [5.41, 5.74) is 0. The van der Waals surface area contributed by atoms with E-state index in [1.165, 1.54) is 18.3 Å². The molecule has 1 aromatic heterocycles. The number of aliphatic hydroxyl groups is 2. The predicted molar refractivity (Wildman–Crippen MR) is 73.8 cm³/mol. The zero-order valence-electron chi connectivity index (χ0n) is 8.31. The Hall–Kier alpha value is 0.600. The van der Waals surface area contributed by atoms with Crippen LogP contribution >= 0.6 is 55.0 Å². The lowest BCUT2D eigenvalue weighted by Crippen LogP contribution is -2.20. The molecule has 16 heavy (non-hydrogen) atoms. The topological polar surface area (TPSA) is 57.5 Å². The van der Waals surface area contributed by atoms with Crippen molar-refractivity contribution >= 4 is 60.1 Å². The first-order valence-corrected chi connectivity index (χ1v) is 7.75. The van der Waals surface area contributed by atoms with E-state index in [1.54, 1.807) is 6.07 Å². The van der Waals surface area contributed by atoms with Gasteiger partial charge in [-0.05, 0) is 37.9 Å². The highest BCUT2D eigenvalue weighted by atomic mass is 79.9. The molecule has 0 radical (unpaired) electrons. The average molecular weight is 390 g/mol. The van der Waals surface area contributed by atoms with E-state index in [0.717, 1.165) is 20.0 Å². The fourth-order valence-electron chi connectivity index (χ4n) is 0.993. The molecule has 1 heterocycles. The van der Waals surface area contributed by atoms with Crippen molar-refractivity contribution in [3.8, 4) is 0 Å². The van der Waals surface area contributed by atoms with Crippen molar-refractivity contribution in [3.63, 3.8) is 0 Å². The Balaban J connectivity index is 2.62. The van der Waals surface area contributed by atoms with E-state index in [4.69, 9.17) is 0 Å². The van der Waals surface area contributed by atoms with Crippen molar-refractivity contribution < 1.29 is 15.0 Å². The number of carbonyl (C=O) groups excluding carboxylic acids is 1. The molecule has 0 spiro atoms. The van der Waals surface area contributed by atoms with Gasteiger partial charge in [-0.25, -0.2) is 0 Å². The molecule has 2 atom stereocenters. The largest absolute Gasteiger partial charge is 0.389 e. The van der Waals surface area contributed by atoms with E-state index in [0.29, 0.717) is 4.88 Å². The van der Waals surface area contributed by atoms with Crippen LogP contribution in [0.5, 0.6) is 0 Å². The van der Waals surface area contributed by atoms with Gasteiger partial charge in [-0.15, -0.1) is 11.3 Å². The smallest absolute Gasteiger partial charge is 0.185 e. The van der Waals surface area contributed by atoms with Gasteiger partial charge < -0.3 is 10.2 Å². The summed E-state index contributed by atoms with van der Waals surface area (Å²) < 4.78 is 1.71. The van der Waals surface area contributed by atoms with Crippen LogP contribution in [0.3, 0.4) is 0 Å². The Morgan fingerprint density at radius 2 is 2.19 bits per heavy atom. The molecule has 0 aromatic carbocycles. The van der Waals surface area contributed by atoms with Crippen molar-refractivity contribution in [1.29, 1.82) is 0 Å². The molecule has 1 rings (SSSR count). The first-order chi connectivity index (χ1) is 7.41. The molecule has 0 fully saturated rings. The van der Waals surface area contributed by atoms with Crippen LogP contribution in [0.25, 0.3) is 0 Å². The third-order valence-corrected chi connectivity index (χ3v) is 6.02. The molecule has 7 heteroatoms. The van der Waals surface area contributed by atoms with Crippen LogP contribution in [0.15, 0.2) is 14.3 Å². The van der Waals surface area contributed by atoms with E-state index in [9.17, 15) is 15.0 Å². The Bertz CT molecular complexity index is 361. The Labute approximate surface area is 119 Å². The Morgan fingerprint density at radius 1 is 1.56 bits per heavy atom. The third kappa shape index (κ3) is 4.12. The predicted octanol–water partition coefficient (Wildman–Crippen LogP) is 2.95. The molecule has 0 saturated heterocycles. The zero-order chi connectivity index (χ0) is 12.3. The van der Waals surface area contributed by atoms with E-state index >= 15 is 0 Å². The van der Waals surface area contributed by atoms with Gasteiger partial charge in [-0.2, -0.15) is 0 Å². The summed E-state index contributed by atoms with van der Waals surface area (Å²) >= 11 is 8.98. The van der Waals surface area contributed by atoms with Crippen molar-refractivity contribution in [2.45, 2.75) is 19.1 Å². The van der Waals surface area contributed by atoms with Crippen molar-refractivity contribution in [1.82, 2.24) is 0 Å². The first kappa shape index (κ1) is 14.7. The molecule has 0 bridgehead atoms. The van der Waals surface area contributed by atoms with Gasteiger partial charge >= 0.3 is 0 Å². The summed E-state index contributed by atoms with van der Waals surface area (Å²) in [5, 5.41) is 19.4. The lowest BCUT2D eigenvalue weighted by molar-refractivity contribution is -0.109. The van der Waals surface area contributed by atoms with E-state index in [1.807, 2.05) is 0 Å². The maximum Gasteiger partial charge on any atom is 0.185 e. The van der Waals surface area contributed by atoms with Gasteiger partial charge in [0.1, 0.15) is 6.10 Å². The zero-order valence-corrected chi connectivity index (χ0v) is 13.1. The SMILES string of the molecule is CC(=O)SCC(O)C(O)c1cc(Br)c(Br)s1. The summed E-state index contributed by atoms with van der Waals surface area (Å²) in [5.74, 6) is 0.198. The minimum atomic E-state index is -0.959. The van der Waals surface area contributed by atoms with Gasteiger partial charge in [0.15, 0.2) is 5.12 Å². The van der Waals surface area contributed by atoms with Crippen molar-refractivity contribution in [2.75, 3.05) is 5.75 Å². The first-order valence-electron chi connectivity index (χ1n) is 4.36. The maximum atomic E-state index is 10.7. The second kappa shape index (κ2) is 6.51. The molecule has 0 aliphatic carbocycles. The third-order valence-electron chi connectivity index (χ3n) is 1.78. The lowest BCUT2D eigenvalue weighted by atomic mass is 10.2. The molecule has 2 N–H and O–H groups in total. The number of aliphatic hydroxyl groups excluding tert-OH is 2. The molecule has 2 unspecified atom stereocenters. The minimum Gasteiger partial charge on any atom is -0.389 e. The molecule has 0 saturated carbocycles. The summed E-state index contributed by atoms with van der Waals surface area (Å²) in [7, 11) is 0. The van der Waals surface area contributed by atoms with E-state index < -0.39 is 12.2 Å². The minimum absolute atomic E-state index is 0.0696. The molecule has 0 aliphatic heterocycles. The number of carbonyl (C=O) groups is 1. The number of thioether (sulfide) groups is 1. The number of rotatable bonds is 4. The highest BCUT2D eigenvalue weighted by molar-refractivity contribution is 9.13. The molecular weight excluding hydrogens is 380 g/mol. The monoisotopic (exact) mass is 388 g/mol. The number of thiophene rings is 1. The van der Waals surface area contributed by atoms with Crippen molar-refractivity contribution in [3.05, 3.63) is 19.2 Å². The molecule has 1 aromatic rings. The van der Waals surface area contributed by atoms with Gasteiger partial charge in [-0.1, -0.05) is 11.8 Å². The Morgan fingerprint density at radius 3 is 2.62 bits per heavy atom. The second-order valence-corrected chi connectivity index (χ2v) is 7.54. The van der Waals surface area contributed by atoms with Gasteiger partial charge in [0.25, 0.3) is 0 Å². The van der Waals surface area contributed by atoms with Gasteiger partial charge in [0.2, 0.25) is 0 Å². The molecule has 90 valence electrons. The maximum absolute atomic E-state index is 10.7. The van der Waals surface area contributed by atoms with Crippen LogP contribution in [0.1, 0.15) is 17.9 Å². The quantitative estimate of drug-likeness (QED) is 0.831. The average Bonchev–Trinajstić information content (AvgIpc) is 2.54. The normalized spacial score (nSPS) is 14.8. The number of hydrogen-bond acceptors (Lipinski definition) is 5. The van der Waals surface area contributed by atoms with Gasteiger partial charge in [0.05, 0.1) is 9.89 Å². The Kier molecular flexibility index (Phi) is 5.97. The standard InChI is InChI=1S/C9H10Br2O3S2/c1-4(12)15-3-6(13)8(14)7-2-5(10)9(11)16-7/h2,6,8,13-14H,3H2,1H3. The van der Waals surface area contributed by atoms with Crippen LogP contribution in [0.4, 0.5) is 0 Å². The lowest BCUT2D eigenvalue weighted by Gasteiger charge is -2.15. The second-order valence-electron chi connectivity index (χ2n) is 3.09. The summed E-state index contributed by atoms with van der Waals surface area (Å²) in [6, 6.07) is 1.75. The summed E-state index contributed by atoms with van der Waals surface area (Å²) in [6.45, 7) is 1.43. The fourth-order valence-corrected chi connectivity index (χ4v) is 3.71. The van der Waals surface area contributed by atoms with Crippen LogP contribution in [0.2, 0.25) is 0 Å². The van der Waals surface area contributed by atoms with Crippen LogP contribution in [-0.4, -0.2) is 27.2 Å². The fraction of sp³-hybridized carbons (Fsp3) is 0.444. The molecular formula is C9H10Br2O3S2. The van der Waals surface area contributed by atoms with E-state index in [-0.39, 0.29) is 10.9 Å². The van der Waals surface area contributed by atoms with Crippen LogP contribution < -0.4 is 0 Å². The van der Waals surface area contributed by atoms with Crippen LogP contribution in [0, 0.1) is 0 Å². The molecule has 0 aliphatic rings.